The molecule has 0 aliphatic carbocycles. The lowest BCUT2D eigenvalue weighted by Gasteiger charge is -2.16. The molecule has 0 aromatic heterocycles. The lowest BCUT2D eigenvalue weighted by Crippen LogP contribution is -2.29. The van der Waals surface area contributed by atoms with Gasteiger partial charge in [0.15, 0.2) is 9.84 Å². The first-order valence-electron chi connectivity index (χ1n) is 8.51. The van der Waals surface area contributed by atoms with Crippen molar-refractivity contribution in [3.05, 3.63) is 53.8 Å². The number of carbonyl (C=O) groups excluding carboxylic acids is 1. The van der Waals surface area contributed by atoms with Gasteiger partial charge < -0.3 is 5.32 Å². The van der Waals surface area contributed by atoms with Crippen LogP contribution >= 0.6 is 0 Å². The van der Waals surface area contributed by atoms with Crippen LogP contribution in [0, 0.1) is 5.82 Å². The standard InChI is InChI=1S/C18H19FN2O5S2/c1-27(23,24)16-7-3-2-6-15(16)20-18(22)13-8-9-14(19)17(12-13)28(25,26)21-10-4-5-11-21/h2-3,6-9,12H,4-5,10-11H2,1H3,(H,20,22). The van der Waals surface area contributed by atoms with Crippen molar-refractivity contribution in [1.82, 2.24) is 4.31 Å². The van der Waals surface area contributed by atoms with Crippen LogP contribution in [-0.2, 0) is 19.9 Å². The number of anilines is 1. The number of carbonyl (C=O) groups is 1. The third-order valence-corrected chi connectivity index (χ3v) is 7.48. The molecule has 2 aromatic carbocycles. The van der Waals surface area contributed by atoms with Crippen molar-refractivity contribution in [2.45, 2.75) is 22.6 Å². The zero-order valence-corrected chi connectivity index (χ0v) is 16.7. The van der Waals surface area contributed by atoms with Gasteiger partial charge in [0.1, 0.15) is 10.7 Å². The van der Waals surface area contributed by atoms with E-state index in [4.69, 9.17) is 0 Å². The third-order valence-electron chi connectivity index (χ3n) is 4.41. The van der Waals surface area contributed by atoms with Crippen LogP contribution in [0.2, 0.25) is 0 Å². The number of hydrogen-bond acceptors (Lipinski definition) is 5. The number of hydrogen-bond donors (Lipinski definition) is 1. The highest BCUT2D eigenvalue weighted by Crippen LogP contribution is 2.25. The first-order chi connectivity index (χ1) is 13.1. The molecule has 0 saturated carbocycles. The number of rotatable bonds is 5. The van der Waals surface area contributed by atoms with E-state index in [2.05, 4.69) is 5.32 Å². The molecule has 1 amide bonds. The van der Waals surface area contributed by atoms with E-state index in [0.29, 0.717) is 25.9 Å². The highest BCUT2D eigenvalue weighted by Gasteiger charge is 2.30. The molecule has 10 heteroatoms. The summed E-state index contributed by atoms with van der Waals surface area (Å²) in [5, 5.41) is 2.45. The smallest absolute Gasteiger partial charge is 0.255 e. The number of nitrogens with zero attached hydrogens (tertiary/aromatic N) is 1. The average Bonchev–Trinajstić information content (AvgIpc) is 3.17. The molecule has 3 rings (SSSR count). The fraction of sp³-hybridized carbons (Fsp3) is 0.278. The number of sulfone groups is 1. The maximum absolute atomic E-state index is 14.2. The van der Waals surface area contributed by atoms with Crippen LogP contribution < -0.4 is 5.32 Å². The highest BCUT2D eigenvalue weighted by molar-refractivity contribution is 7.91. The lowest BCUT2D eigenvalue weighted by molar-refractivity contribution is 0.102. The van der Waals surface area contributed by atoms with Crippen LogP contribution in [0.15, 0.2) is 52.3 Å². The molecular weight excluding hydrogens is 407 g/mol. The van der Waals surface area contributed by atoms with Gasteiger partial charge in [-0.1, -0.05) is 12.1 Å². The molecule has 1 saturated heterocycles. The number of halogens is 1. The Balaban J connectivity index is 1.95. The van der Waals surface area contributed by atoms with E-state index < -0.39 is 36.5 Å². The number of nitrogens with one attached hydrogen (secondary N) is 1. The van der Waals surface area contributed by atoms with Crippen LogP contribution in [0.25, 0.3) is 0 Å². The second-order valence-electron chi connectivity index (χ2n) is 6.48. The van der Waals surface area contributed by atoms with Crippen molar-refractivity contribution in [3.8, 4) is 0 Å². The van der Waals surface area contributed by atoms with E-state index in [1.165, 1.54) is 22.5 Å². The molecule has 2 aromatic rings. The van der Waals surface area contributed by atoms with Crippen LogP contribution in [0.4, 0.5) is 10.1 Å². The summed E-state index contributed by atoms with van der Waals surface area (Å²) in [4.78, 5) is 11.9. The largest absolute Gasteiger partial charge is 0.321 e. The quantitative estimate of drug-likeness (QED) is 0.790. The number of para-hydroxylation sites is 1. The fourth-order valence-corrected chi connectivity index (χ4v) is 5.45. The minimum Gasteiger partial charge on any atom is -0.321 e. The van der Waals surface area contributed by atoms with Crippen molar-refractivity contribution in [2.75, 3.05) is 24.7 Å². The van der Waals surface area contributed by atoms with Crippen molar-refractivity contribution < 1.29 is 26.0 Å². The number of amides is 1. The van der Waals surface area contributed by atoms with E-state index in [1.807, 2.05) is 0 Å². The van der Waals surface area contributed by atoms with Gasteiger partial charge in [-0.3, -0.25) is 4.79 Å². The van der Waals surface area contributed by atoms with Gasteiger partial charge in [-0.15, -0.1) is 0 Å². The fourth-order valence-electron chi connectivity index (χ4n) is 3.00. The van der Waals surface area contributed by atoms with Crippen LogP contribution in [0.5, 0.6) is 0 Å². The second kappa shape index (κ2) is 7.61. The predicted octanol–water partition coefficient (Wildman–Crippen LogP) is 2.27. The van der Waals surface area contributed by atoms with Gasteiger partial charge in [0.25, 0.3) is 5.91 Å². The Labute approximate surface area is 163 Å². The summed E-state index contributed by atoms with van der Waals surface area (Å²) >= 11 is 0. The van der Waals surface area contributed by atoms with Gasteiger partial charge >= 0.3 is 0 Å². The molecule has 1 fully saturated rings. The molecule has 1 heterocycles. The van der Waals surface area contributed by atoms with Crippen molar-refractivity contribution in [3.63, 3.8) is 0 Å². The monoisotopic (exact) mass is 426 g/mol. The molecule has 0 atom stereocenters. The predicted molar refractivity (Wildman–Crippen MR) is 102 cm³/mol. The summed E-state index contributed by atoms with van der Waals surface area (Å²) in [7, 11) is -7.63. The minimum atomic E-state index is -4.05. The van der Waals surface area contributed by atoms with E-state index >= 15 is 0 Å². The minimum absolute atomic E-state index is 0.0586. The van der Waals surface area contributed by atoms with E-state index in [1.54, 1.807) is 6.07 Å². The highest BCUT2D eigenvalue weighted by atomic mass is 32.2. The zero-order valence-electron chi connectivity index (χ0n) is 15.1. The Morgan fingerprint density at radius 2 is 1.64 bits per heavy atom. The number of sulfonamides is 1. The molecule has 0 unspecified atom stereocenters. The Morgan fingerprint density at radius 3 is 2.29 bits per heavy atom. The summed E-state index contributed by atoms with van der Waals surface area (Å²) in [5.74, 6) is -1.69. The first-order valence-corrected chi connectivity index (χ1v) is 11.8. The van der Waals surface area contributed by atoms with Gasteiger partial charge in [-0.25, -0.2) is 21.2 Å². The molecule has 0 radical (unpaired) electrons. The SMILES string of the molecule is CS(=O)(=O)c1ccccc1NC(=O)c1ccc(F)c(S(=O)(=O)N2CCCC2)c1. The molecule has 1 aliphatic heterocycles. The van der Waals surface area contributed by atoms with Gasteiger partial charge in [-0.05, 0) is 43.2 Å². The Kier molecular flexibility index (Phi) is 5.55. The molecule has 150 valence electrons. The van der Waals surface area contributed by atoms with Crippen molar-refractivity contribution in [1.29, 1.82) is 0 Å². The van der Waals surface area contributed by atoms with Gasteiger partial charge in [0.2, 0.25) is 10.0 Å². The first kappa shape index (κ1) is 20.4. The van der Waals surface area contributed by atoms with Gasteiger partial charge in [-0.2, -0.15) is 4.31 Å². The molecule has 0 bridgehead atoms. The van der Waals surface area contributed by atoms with Crippen molar-refractivity contribution in [2.24, 2.45) is 0 Å². The second-order valence-corrected chi connectivity index (χ2v) is 10.4. The summed E-state index contributed by atoms with van der Waals surface area (Å²) < 4.78 is 64.4. The molecule has 0 spiro atoms. The van der Waals surface area contributed by atoms with Gasteiger partial charge in [0, 0.05) is 24.9 Å². The normalized spacial score (nSPS) is 15.5. The van der Waals surface area contributed by atoms with E-state index in [9.17, 15) is 26.0 Å². The summed E-state index contributed by atoms with van der Waals surface area (Å²) in [6.07, 6.45) is 2.41. The van der Waals surface area contributed by atoms with Crippen LogP contribution in [0.3, 0.4) is 0 Å². The van der Waals surface area contributed by atoms with Crippen molar-refractivity contribution >= 4 is 31.5 Å². The van der Waals surface area contributed by atoms with Crippen LogP contribution in [-0.4, -0.2) is 46.4 Å². The van der Waals surface area contributed by atoms with E-state index in [0.717, 1.165) is 24.5 Å². The summed E-state index contributed by atoms with van der Waals surface area (Å²) in [6, 6.07) is 8.87. The van der Waals surface area contributed by atoms with Crippen LogP contribution in [0.1, 0.15) is 23.2 Å². The topological polar surface area (TPSA) is 101 Å². The number of benzene rings is 2. The summed E-state index contributed by atoms with van der Waals surface area (Å²) in [5.41, 5.74) is -0.0363. The average molecular weight is 426 g/mol. The molecular formula is C18H19FN2O5S2. The van der Waals surface area contributed by atoms with E-state index in [-0.39, 0.29) is 16.1 Å². The Bertz CT molecular complexity index is 1120. The lowest BCUT2D eigenvalue weighted by atomic mass is 10.2. The molecule has 1 aliphatic rings. The molecule has 1 N–H and O–H groups in total. The Morgan fingerprint density at radius 1 is 1.00 bits per heavy atom. The third kappa shape index (κ3) is 4.08. The van der Waals surface area contributed by atoms with Gasteiger partial charge in [0.05, 0.1) is 10.6 Å². The summed E-state index contributed by atoms with van der Waals surface area (Å²) in [6.45, 7) is 0.611. The Hall–Kier alpha value is -2.30. The maximum Gasteiger partial charge on any atom is 0.255 e. The zero-order chi connectivity index (χ0) is 20.5. The molecule has 28 heavy (non-hydrogen) atoms. The maximum atomic E-state index is 14.2. The molecule has 7 nitrogen and oxygen atoms in total.